The minimum atomic E-state index is -0.719. The number of hydrogen-bond acceptors (Lipinski definition) is 4. The van der Waals surface area contributed by atoms with Gasteiger partial charge in [0.05, 0.1) is 6.61 Å². The predicted molar refractivity (Wildman–Crippen MR) is 49.5 cm³/mol. The molecular weight excluding hydrogens is 184 g/mol. The van der Waals surface area contributed by atoms with E-state index < -0.39 is 17.5 Å². The first kappa shape index (κ1) is 11.0. The lowest BCUT2D eigenvalue weighted by atomic mass is 9.81. The Balaban J connectivity index is 2.36. The van der Waals surface area contributed by atoms with E-state index >= 15 is 0 Å². The first-order valence-corrected chi connectivity index (χ1v) is 4.88. The predicted octanol–water partition coefficient (Wildman–Crippen LogP) is 1.28. The zero-order chi connectivity index (χ0) is 10.8. The summed E-state index contributed by atoms with van der Waals surface area (Å²) in [6.07, 6.45) is 1.10. The van der Waals surface area contributed by atoms with E-state index in [9.17, 15) is 9.59 Å². The van der Waals surface area contributed by atoms with Gasteiger partial charge >= 0.3 is 11.9 Å². The molecule has 14 heavy (non-hydrogen) atoms. The molecule has 0 aliphatic carbocycles. The Morgan fingerprint density at radius 2 is 2.21 bits per heavy atom. The van der Waals surface area contributed by atoms with Crippen LogP contribution in [0.4, 0.5) is 0 Å². The third kappa shape index (κ3) is 1.89. The van der Waals surface area contributed by atoms with Crippen molar-refractivity contribution in [1.82, 2.24) is 0 Å². The summed E-state index contributed by atoms with van der Waals surface area (Å²) in [6.45, 7) is 5.79. The highest BCUT2D eigenvalue weighted by Gasteiger charge is 2.55. The smallest absolute Gasteiger partial charge is 0.348 e. The molecule has 0 radical (unpaired) electrons. The normalized spacial score (nSPS) is 23.6. The van der Waals surface area contributed by atoms with Gasteiger partial charge in [0.15, 0.2) is 0 Å². The molecule has 4 nitrogen and oxygen atoms in total. The maximum atomic E-state index is 11.4. The first-order valence-electron chi connectivity index (χ1n) is 4.88. The van der Waals surface area contributed by atoms with Crippen LogP contribution in [0, 0.1) is 5.41 Å². The van der Waals surface area contributed by atoms with Gasteiger partial charge in [0, 0.05) is 0 Å². The summed E-state index contributed by atoms with van der Waals surface area (Å²) in [5.74, 6) is -0.766. The molecule has 0 amide bonds. The lowest BCUT2D eigenvalue weighted by molar-refractivity contribution is -0.212. The fourth-order valence-electron chi connectivity index (χ4n) is 1.19. The van der Waals surface area contributed by atoms with E-state index in [0.29, 0.717) is 6.61 Å². The summed E-state index contributed by atoms with van der Waals surface area (Å²) < 4.78 is 9.69. The fourth-order valence-corrected chi connectivity index (χ4v) is 1.19. The number of rotatable bonds is 4. The molecule has 1 rings (SSSR count). The second-order valence-electron chi connectivity index (χ2n) is 4.03. The molecule has 0 spiro atoms. The summed E-state index contributed by atoms with van der Waals surface area (Å²) >= 11 is 0. The average Bonchev–Trinajstić information content (AvgIpc) is 2.14. The lowest BCUT2D eigenvalue weighted by Crippen LogP contribution is -2.57. The number of carbonyl (C=O) groups is 2. The summed E-state index contributed by atoms with van der Waals surface area (Å²) in [4.78, 5) is 22.3. The van der Waals surface area contributed by atoms with E-state index in [0.717, 1.165) is 12.8 Å². The van der Waals surface area contributed by atoms with Gasteiger partial charge in [-0.25, -0.2) is 4.79 Å². The highest BCUT2D eigenvalue weighted by molar-refractivity contribution is 5.94. The van der Waals surface area contributed by atoms with Crippen LogP contribution < -0.4 is 0 Å². The van der Waals surface area contributed by atoms with Crippen LogP contribution in [0.3, 0.4) is 0 Å². The molecule has 1 fully saturated rings. The number of unbranched alkanes of at least 4 members (excludes halogenated alkanes) is 1. The zero-order valence-corrected chi connectivity index (χ0v) is 8.83. The van der Waals surface area contributed by atoms with Gasteiger partial charge in [0.2, 0.25) is 6.10 Å². The van der Waals surface area contributed by atoms with Crippen molar-refractivity contribution in [3.05, 3.63) is 0 Å². The maximum Gasteiger partial charge on any atom is 0.348 e. The number of cyclic esters (lactones) is 1. The van der Waals surface area contributed by atoms with Gasteiger partial charge in [0.25, 0.3) is 0 Å². The molecule has 1 saturated heterocycles. The van der Waals surface area contributed by atoms with Gasteiger partial charge in [-0.3, -0.25) is 4.79 Å². The molecule has 0 aromatic carbocycles. The highest BCUT2D eigenvalue weighted by Crippen LogP contribution is 2.36. The molecule has 0 bridgehead atoms. The summed E-state index contributed by atoms with van der Waals surface area (Å²) in [6, 6.07) is 0. The van der Waals surface area contributed by atoms with Gasteiger partial charge in [-0.05, 0) is 20.3 Å². The van der Waals surface area contributed by atoms with Crippen LogP contribution in [0.1, 0.15) is 33.6 Å². The Bertz CT molecular complexity index is 245. The Morgan fingerprint density at radius 1 is 1.57 bits per heavy atom. The minimum absolute atomic E-state index is 0.338. The van der Waals surface area contributed by atoms with Crippen LogP contribution in [0.2, 0.25) is 0 Å². The quantitative estimate of drug-likeness (QED) is 0.506. The zero-order valence-electron chi connectivity index (χ0n) is 8.83. The monoisotopic (exact) mass is 200 g/mol. The third-order valence-corrected chi connectivity index (χ3v) is 2.36. The van der Waals surface area contributed by atoms with Crippen molar-refractivity contribution < 1.29 is 19.1 Å². The molecule has 0 aromatic heterocycles. The number of esters is 2. The van der Waals surface area contributed by atoms with E-state index in [2.05, 4.69) is 0 Å². The molecular formula is C10H16O4. The second kappa shape index (κ2) is 3.98. The Hall–Kier alpha value is -1.06. The van der Waals surface area contributed by atoms with Gasteiger partial charge in [-0.15, -0.1) is 0 Å². The van der Waals surface area contributed by atoms with Crippen LogP contribution in [-0.2, 0) is 19.1 Å². The van der Waals surface area contributed by atoms with E-state index in [1.54, 1.807) is 13.8 Å². The summed E-state index contributed by atoms with van der Waals surface area (Å²) in [5.41, 5.74) is -0.719. The average molecular weight is 200 g/mol. The summed E-state index contributed by atoms with van der Waals surface area (Å²) in [7, 11) is 0. The Morgan fingerprint density at radius 3 is 2.64 bits per heavy atom. The minimum Gasteiger partial charge on any atom is -0.463 e. The topological polar surface area (TPSA) is 52.6 Å². The lowest BCUT2D eigenvalue weighted by Gasteiger charge is -2.39. The molecule has 1 atom stereocenters. The van der Waals surface area contributed by atoms with Gasteiger partial charge in [-0.2, -0.15) is 0 Å². The molecule has 1 heterocycles. The molecule has 0 N–H and O–H groups in total. The van der Waals surface area contributed by atoms with Gasteiger partial charge < -0.3 is 9.47 Å². The van der Waals surface area contributed by atoms with Crippen molar-refractivity contribution in [2.75, 3.05) is 6.61 Å². The number of hydrogen-bond donors (Lipinski definition) is 0. The van der Waals surface area contributed by atoms with E-state index in [-0.39, 0.29) is 5.97 Å². The van der Waals surface area contributed by atoms with Crippen LogP contribution in [0.15, 0.2) is 0 Å². The Kier molecular flexibility index (Phi) is 3.13. The van der Waals surface area contributed by atoms with Crippen molar-refractivity contribution >= 4 is 11.9 Å². The van der Waals surface area contributed by atoms with Crippen LogP contribution in [0.5, 0.6) is 0 Å². The van der Waals surface area contributed by atoms with E-state index in [1.807, 2.05) is 6.92 Å². The van der Waals surface area contributed by atoms with Gasteiger partial charge in [-0.1, -0.05) is 13.3 Å². The molecule has 1 aliphatic heterocycles. The van der Waals surface area contributed by atoms with Crippen molar-refractivity contribution in [3.63, 3.8) is 0 Å². The molecule has 4 heteroatoms. The molecule has 80 valence electrons. The van der Waals surface area contributed by atoms with Crippen LogP contribution in [-0.4, -0.2) is 24.6 Å². The van der Waals surface area contributed by atoms with E-state index in [4.69, 9.17) is 9.47 Å². The Labute approximate surface area is 83.6 Å². The highest BCUT2D eigenvalue weighted by atomic mass is 16.6. The van der Waals surface area contributed by atoms with Crippen molar-refractivity contribution in [3.8, 4) is 0 Å². The maximum absolute atomic E-state index is 11.4. The molecule has 1 aliphatic rings. The fraction of sp³-hybridized carbons (Fsp3) is 0.800. The van der Waals surface area contributed by atoms with Crippen molar-refractivity contribution in [2.45, 2.75) is 39.7 Å². The van der Waals surface area contributed by atoms with Crippen molar-refractivity contribution in [2.24, 2.45) is 5.41 Å². The molecule has 0 aromatic rings. The molecule has 0 saturated carbocycles. The van der Waals surface area contributed by atoms with E-state index in [1.165, 1.54) is 0 Å². The van der Waals surface area contributed by atoms with Gasteiger partial charge in [0.1, 0.15) is 5.41 Å². The molecule has 1 unspecified atom stereocenters. The number of ether oxygens (including phenoxy) is 2. The number of carbonyl (C=O) groups excluding carboxylic acids is 2. The second-order valence-corrected chi connectivity index (χ2v) is 4.03. The standard InChI is InChI=1S/C10H16O4/c1-4-5-6-13-8(11)7-10(2,3)9(12)14-7/h7H,4-6H2,1-3H3. The van der Waals surface area contributed by atoms with Crippen LogP contribution >= 0.6 is 0 Å². The summed E-state index contributed by atoms with van der Waals surface area (Å²) in [5, 5.41) is 0. The largest absolute Gasteiger partial charge is 0.463 e. The SMILES string of the molecule is CCCCOC(=O)C1OC(=O)C1(C)C. The van der Waals surface area contributed by atoms with Crippen molar-refractivity contribution in [1.29, 1.82) is 0 Å². The third-order valence-electron chi connectivity index (χ3n) is 2.36. The first-order chi connectivity index (χ1) is 6.50. The van der Waals surface area contributed by atoms with Crippen LogP contribution in [0.25, 0.3) is 0 Å².